The number of methoxy groups -OCH3 is 1. The van der Waals surface area contributed by atoms with E-state index < -0.39 is 0 Å². The van der Waals surface area contributed by atoms with Gasteiger partial charge in [0.15, 0.2) is 11.4 Å². The van der Waals surface area contributed by atoms with Gasteiger partial charge in [0.05, 0.1) is 18.5 Å². The lowest BCUT2D eigenvalue weighted by molar-refractivity contribution is 0.0937. The van der Waals surface area contributed by atoms with E-state index in [9.17, 15) is 4.79 Å². The maximum absolute atomic E-state index is 12.4. The molecule has 7 heteroatoms. The molecule has 7 nitrogen and oxygen atoms in total. The summed E-state index contributed by atoms with van der Waals surface area (Å²) in [5.41, 5.74) is 1.12. The molecule has 1 aromatic carbocycles. The van der Waals surface area contributed by atoms with Gasteiger partial charge < -0.3 is 20.1 Å². The number of benzene rings is 1. The third-order valence-corrected chi connectivity index (χ3v) is 3.52. The summed E-state index contributed by atoms with van der Waals surface area (Å²) in [4.78, 5) is 12.4. The highest BCUT2D eigenvalue weighted by Crippen LogP contribution is 2.20. The van der Waals surface area contributed by atoms with Gasteiger partial charge in [-0.1, -0.05) is 18.2 Å². The summed E-state index contributed by atoms with van der Waals surface area (Å²) in [7, 11) is 3.45. The Morgan fingerprint density at radius 2 is 2.04 bits per heavy atom. The van der Waals surface area contributed by atoms with Crippen LogP contribution in [0.3, 0.4) is 0 Å². The highest BCUT2D eigenvalue weighted by Gasteiger charge is 2.19. The molecule has 1 aromatic heterocycles. The molecule has 2 rings (SSSR count). The molecule has 0 aliphatic carbocycles. The van der Waals surface area contributed by atoms with E-state index in [0.717, 1.165) is 5.69 Å². The second-order valence-electron chi connectivity index (χ2n) is 5.36. The van der Waals surface area contributed by atoms with Crippen molar-refractivity contribution >= 4 is 5.91 Å². The minimum Gasteiger partial charge on any atom is -0.487 e. The van der Waals surface area contributed by atoms with Crippen LogP contribution < -0.4 is 15.4 Å². The molecule has 2 aromatic rings. The topological polar surface area (TPSA) is 77.4 Å². The minimum atomic E-state index is -0.265. The molecule has 2 N–H and O–H groups in total. The van der Waals surface area contributed by atoms with Crippen LogP contribution in [0.2, 0.25) is 0 Å². The molecule has 0 aliphatic heterocycles. The number of carbonyl (C=O) groups is 1. The number of likely N-dealkylation sites (N-methyl/N-ethyl adjacent to an activating group) is 1. The molecule has 0 spiro atoms. The fourth-order valence-corrected chi connectivity index (χ4v) is 2.00. The molecule has 130 valence electrons. The predicted molar refractivity (Wildman–Crippen MR) is 91.8 cm³/mol. The molecule has 0 aliphatic rings. The first-order valence-electron chi connectivity index (χ1n) is 7.88. The number of aromatic nitrogens is 2. The van der Waals surface area contributed by atoms with Gasteiger partial charge in [-0.3, -0.25) is 4.79 Å². The van der Waals surface area contributed by atoms with Crippen molar-refractivity contribution in [3.05, 3.63) is 42.2 Å². The van der Waals surface area contributed by atoms with Gasteiger partial charge in [-0.25, -0.2) is 4.68 Å². The molecule has 0 fully saturated rings. The van der Waals surface area contributed by atoms with Crippen LogP contribution in [0.1, 0.15) is 17.4 Å². The van der Waals surface area contributed by atoms with Crippen LogP contribution >= 0.6 is 0 Å². The molecule has 0 radical (unpaired) electrons. The number of rotatable bonds is 9. The van der Waals surface area contributed by atoms with Gasteiger partial charge in [0.25, 0.3) is 5.91 Å². The number of hydrogen-bond acceptors (Lipinski definition) is 5. The number of nitrogens with one attached hydrogen (secondary N) is 2. The van der Waals surface area contributed by atoms with E-state index in [1.165, 1.54) is 0 Å². The smallest absolute Gasteiger partial charge is 0.275 e. The van der Waals surface area contributed by atoms with Crippen molar-refractivity contribution < 1.29 is 14.3 Å². The van der Waals surface area contributed by atoms with E-state index in [2.05, 4.69) is 15.7 Å². The van der Waals surface area contributed by atoms with Crippen LogP contribution in [-0.4, -0.2) is 55.6 Å². The number of hydrogen-bond donors (Lipinski definition) is 2. The molecule has 1 atom stereocenters. The Labute approximate surface area is 142 Å². The first kappa shape index (κ1) is 18.0. The third-order valence-electron chi connectivity index (χ3n) is 3.52. The Kier molecular flexibility index (Phi) is 6.77. The van der Waals surface area contributed by atoms with Crippen LogP contribution in [0.25, 0.3) is 5.69 Å². The van der Waals surface area contributed by atoms with Crippen molar-refractivity contribution in [2.75, 3.05) is 33.9 Å². The highest BCUT2D eigenvalue weighted by atomic mass is 16.5. The molecular weight excluding hydrogens is 308 g/mol. The summed E-state index contributed by atoms with van der Waals surface area (Å²) in [6, 6.07) is 9.75. The van der Waals surface area contributed by atoms with Crippen molar-refractivity contribution in [2.45, 2.75) is 13.0 Å². The Morgan fingerprint density at radius 3 is 2.71 bits per heavy atom. The van der Waals surface area contributed by atoms with Gasteiger partial charge >= 0.3 is 0 Å². The van der Waals surface area contributed by atoms with E-state index >= 15 is 0 Å². The van der Waals surface area contributed by atoms with Crippen molar-refractivity contribution in [2.24, 2.45) is 0 Å². The van der Waals surface area contributed by atoms with E-state index in [4.69, 9.17) is 9.47 Å². The van der Waals surface area contributed by atoms with Crippen LogP contribution in [-0.2, 0) is 4.74 Å². The van der Waals surface area contributed by atoms with Crippen LogP contribution in [0.15, 0.2) is 36.5 Å². The van der Waals surface area contributed by atoms with Gasteiger partial charge in [-0.05, 0) is 26.1 Å². The number of para-hydroxylation sites is 1. The maximum atomic E-state index is 12.4. The maximum Gasteiger partial charge on any atom is 0.275 e. The van der Waals surface area contributed by atoms with Crippen molar-refractivity contribution in [3.8, 4) is 11.4 Å². The summed E-state index contributed by atoms with van der Waals surface area (Å²) in [6.45, 7) is 3.28. The van der Waals surface area contributed by atoms with Crippen LogP contribution in [0.4, 0.5) is 0 Å². The summed E-state index contributed by atoms with van der Waals surface area (Å²) >= 11 is 0. The van der Waals surface area contributed by atoms with Gasteiger partial charge in [-0.15, -0.1) is 0 Å². The Hall–Kier alpha value is -2.38. The quantitative estimate of drug-likeness (QED) is 0.676. The Morgan fingerprint density at radius 1 is 1.29 bits per heavy atom. The Bertz CT molecular complexity index is 643. The first-order valence-corrected chi connectivity index (χ1v) is 7.88. The van der Waals surface area contributed by atoms with Crippen LogP contribution in [0, 0.1) is 0 Å². The fraction of sp³-hybridized carbons (Fsp3) is 0.412. The van der Waals surface area contributed by atoms with Crippen molar-refractivity contribution in [3.63, 3.8) is 0 Å². The molecule has 1 unspecified atom stereocenters. The number of carbonyl (C=O) groups excluding carboxylic acids is 1. The summed E-state index contributed by atoms with van der Waals surface area (Å²) < 4.78 is 12.3. The zero-order valence-electron chi connectivity index (χ0n) is 14.3. The standard InChI is InChI=1S/C17H24N4O3/c1-13(18-2)11-19-17(22)16-15(24-10-9-23-3)12-21(20-16)14-7-5-4-6-8-14/h4-8,12-13,18H,9-11H2,1-3H3,(H,19,22). The van der Waals surface area contributed by atoms with Gasteiger partial charge in [0, 0.05) is 19.7 Å². The Balaban J connectivity index is 2.19. The summed E-state index contributed by atoms with van der Waals surface area (Å²) in [5, 5.41) is 10.3. The first-order chi connectivity index (χ1) is 11.7. The number of ether oxygens (including phenoxy) is 2. The molecule has 1 heterocycles. The van der Waals surface area contributed by atoms with Gasteiger partial charge in [-0.2, -0.15) is 5.10 Å². The molecular formula is C17H24N4O3. The lowest BCUT2D eigenvalue weighted by atomic mass is 10.3. The van der Waals surface area contributed by atoms with Crippen molar-refractivity contribution in [1.29, 1.82) is 0 Å². The van der Waals surface area contributed by atoms with E-state index in [-0.39, 0.29) is 17.6 Å². The second-order valence-corrected chi connectivity index (χ2v) is 5.36. The van der Waals surface area contributed by atoms with E-state index in [1.807, 2.05) is 44.3 Å². The minimum absolute atomic E-state index is 0.169. The number of amides is 1. The zero-order chi connectivity index (χ0) is 17.4. The largest absolute Gasteiger partial charge is 0.487 e. The van der Waals surface area contributed by atoms with Gasteiger partial charge in [0.1, 0.15) is 6.61 Å². The number of nitrogens with zero attached hydrogens (tertiary/aromatic N) is 2. The average molecular weight is 332 g/mol. The average Bonchev–Trinajstić information content (AvgIpc) is 3.04. The SMILES string of the molecule is CNC(C)CNC(=O)c1nn(-c2ccccc2)cc1OCCOC. The zero-order valence-corrected chi connectivity index (χ0v) is 14.3. The summed E-state index contributed by atoms with van der Waals surface area (Å²) in [6.07, 6.45) is 1.71. The van der Waals surface area contributed by atoms with Crippen molar-refractivity contribution in [1.82, 2.24) is 20.4 Å². The molecule has 24 heavy (non-hydrogen) atoms. The summed E-state index contributed by atoms with van der Waals surface area (Å²) in [5.74, 6) is 0.171. The van der Waals surface area contributed by atoms with Gasteiger partial charge in [0.2, 0.25) is 0 Å². The molecule has 1 amide bonds. The third kappa shape index (κ3) is 4.81. The fourth-order valence-electron chi connectivity index (χ4n) is 2.00. The predicted octanol–water partition coefficient (Wildman–Crippen LogP) is 1.24. The van der Waals surface area contributed by atoms with Crippen LogP contribution in [0.5, 0.6) is 5.75 Å². The lowest BCUT2D eigenvalue weighted by Crippen LogP contribution is -2.37. The van der Waals surface area contributed by atoms with E-state index in [0.29, 0.717) is 25.5 Å². The lowest BCUT2D eigenvalue weighted by Gasteiger charge is -2.11. The normalized spacial score (nSPS) is 12.0. The molecule has 0 saturated heterocycles. The van der Waals surface area contributed by atoms with E-state index in [1.54, 1.807) is 18.0 Å². The molecule has 0 bridgehead atoms. The second kappa shape index (κ2) is 9.05. The highest BCUT2D eigenvalue weighted by molar-refractivity contribution is 5.95. The molecule has 0 saturated carbocycles. The monoisotopic (exact) mass is 332 g/mol.